The predicted molar refractivity (Wildman–Crippen MR) is 82.3 cm³/mol. The Labute approximate surface area is 134 Å². The molecule has 2 aromatic rings. The maximum atomic E-state index is 12.4. The smallest absolute Gasteiger partial charge is 0.259 e. The minimum atomic E-state index is -0.298. The van der Waals surface area contributed by atoms with Crippen molar-refractivity contribution in [1.29, 1.82) is 0 Å². The van der Waals surface area contributed by atoms with Gasteiger partial charge in [-0.25, -0.2) is 4.98 Å². The van der Waals surface area contributed by atoms with Gasteiger partial charge in [0.25, 0.3) is 5.91 Å². The Morgan fingerprint density at radius 3 is 2.95 bits per heavy atom. The Morgan fingerprint density at radius 1 is 1.33 bits per heavy atom. The summed E-state index contributed by atoms with van der Waals surface area (Å²) in [6, 6.07) is 6.88. The van der Waals surface area contributed by atoms with E-state index < -0.39 is 0 Å². The molecule has 108 valence electrons. The average molecular weight is 370 g/mol. The first kappa shape index (κ1) is 14.2. The Balaban J connectivity index is 1.87. The number of benzene rings is 1. The largest absolute Gasteiger partial charge is 0.486 e. The van der Waals surface area contributed by atoms with Crippen molar-refractivity contribution in [3.8, 4) is 11.5 Å². The van der Waals surface area contributed by atoms with Crippen LogP contribution in [0.1, 0.15) is 10.4 Å². The Hall–Kier alpha value is -1.79. The molecular weight excluding hydrogens is 360 g/mol. The fourth-order valence-corrected chi connectivity index (χ4v) is 2.39. The third-order valence-electron chi connectivity index (χ3n) is 2.86. The van der Waals surface area contributed by atoms with Crippen LogP contribution in [-0.2, 0) is 0 Å². The molecule has 0 aliphatic carbocycles. The summed E-state index contributed by atoms with van der Waals surface area (Å²) in [6.45, 7) is 0.900. The van der Waals surface area contributed by atoms with Gasteiger partial charge in [0.05, 0.1) is 21.9 Å². The average Bonchev–Trinajstić information content (AvgIpc) is 2.50. The first-order chi connectivity index (χ1) is 10.1. The maximum Gasteiger partial charge on any atom is 0.259 e. The number of halogens is 2. The highest BCUT2D eigenvalue weighted by molar-refractivity contribution is 9.10. The third kappa shape index (κ3) is 2.96. The van der Waals surface area contributed by atoms with Crippen molar-refractivity contribution in [1.82, 2.24) is 4.98 Å². The molecule has 1 aromatic carbocycles. The van der Waals surface area contributed by atoms with Crippen LogP contribution in [0.15, 0.2) is 34.9 Å². The minimum Gasteiger partial charge on any atom is -0.486 e. The molecule has 21 heavy (non-hydrogen) atoms. The van der Waals surface area contributed by atoms with E-state index in [1.165, 1.54) is 6.20 Å². The number of aromatic nitrogens is 1. The van der Waals surface area contributed by atoms with Crippen LogP contribution in [0.3, 0.4) is 0 Å². The quantitative estimate of drug-likeness (QED) is 0.823. The highest BCUT2D eigenvalue weighted by atomic mass is 79.9. The van der Waals surface area contributed by atoms with E-state index in [9.17, 15) is 4.79 Å². The van der Waals surface area contributed by atoms with E-state index in [0.29, 0.717) is 45.6 Å². The van der Waals surface area contributed by atoms with Gasteiger partial charge in [0, 0.05) is 0 Å². The number of pyridine rings is 1. The number of carbonyl (C=O) groups is 1. The molecule has 0 bridgehead atoms. The second-order valence-electron chi connectivity index (χ2n) is 4.28. The normalized spacial score (nSPS) is 12.9. The molecule has 0 unspecified atom stereocenters. The standard InChI is InChI=1S/C14H10BrClN2O3/c15-10-6-8(7-17-13(10)16)18-14(19)9-2-1-3-11-12(9)21-5-4-20-11/h1-3,6-7H,4-5H2,(H,18,19). The fraction of sp³-hybridized carbons (Fsp3) is 0.143. The number of nitrogens with one attached hydrogen (secondary N) is 1. The SMILES string of the molecule is O=C(Nc1cnc(Cl)c(Br)c1)c1cccc2c1OCCO2. The van der Waals surface area contributed by atoms with Crippen molar-refractivity contribution in [3.05, 3.63) is 45.7 Å². The van der Waals surface area contributed by atoms with Gasteiger partial charge in [-0.15, -0.1) is 0 Å². The topological polar surface area (TPSA) is 60.5 Å². The van der Waals surface area contributed by atoms with Crippen LogP contribution in [-0.4, -0.2) is 24.1 Å². The summed E-state index contributed by atoms with van der Waals surface area (Å²) in [4.78, 5) is 16.3. The number of rotatable bonds is 2. The molecular formula is C14H10BrClN2O3. The summed E-state index contributed by atoms with van der Waals surface area (Å²) in [6.07, 6.45) is 1.48. The number of hydrogen-bond acceptors (Lipinski definition) is 4. The van der Waals surface area contributed by atoms with Gasteiger partial charge in [0.1, 0.15) is 18.4 Å². The molecule has 1 aliphatic rings. The third-order valence-corrected chi connectivity index (χ3v) is 4.00. The zero-order valence-corrected chi connectivity index (χ0v) is 13.1. The van der Waals surface area contributed by atoms with Gasteiger partial charge in [-0.2, -0.15) is 0 Å². The summed E-state index contributed by atoms with van der Waals surface area (Å²) in [5.74, 6) is 0.736. The lowest BCUT2D eigenvalue weighted by atomic mass is 10.1. The van der Waals surface area contributed by atoms with Crippen molar-refractivity contribution in [2.75, 3.05) is 18.5 Å². The van der Waals surface area contributed by atoms with Gasteiger partial charge >= 0.3 is 0 Å². The van der Waals surface area contributed by atoms with E-state index in [1.54, 1.807) is 24.3 Å². The Kier molecular flexibility index (Phi) is 3.98. The van der Waals surface area contributed by atoms with Gasteiger partial charge in [-0.3, -0.25) is 4.79 Å². The van der Waals surface area contributed by atoms with Gasteiger partial charge < -0.3 is 14.8 Å². The Bertz CT molecular complexity index is 709. The first-order valence-corrected chi connectivity index (χ1v) is 7.33. The molecule has 3 rings (SSSR count). The predicted octanol–water partition coefficient (Wildman–Crippen LogP) is 3.52. The monoisotopic (exact) mass is 368 g/mol. The van der Waals surface area contributed by atoms with Crippen molar-refractivity contribution in [3.63, 3.8) is 0 Å². The number of hydrogen-bond donors (Lipinski definition) is 1. The number of nitrogens with zero attached hydrogens (tertiary/aromatic N) is 1. The molecule has 2 heterocycles. The van der Waals surface area contributed by atoms with Crippen LogP contribution in [0.4, 0.5) is 5.69 Å². The van der Waals surface area contributed by atoms with Gasteiger partial charge in [0.2, 0.25) is 0 Å². The number of ether oxygens (including phenoxy) is 2. The van der Waals surface area contributed by atoms with Crippen LogP contribution >= 0.6 is 27.5 Å². The lowest BCUT2D eigenvalue weighted by molar-refractivity contribution is 0.101. The van der Waals surface area contributed by atoms with Gasteiger partial charge in [-0.05, 0) is 34.1 Å². The van der Waals surface area contributed by atoms with E-state index >= 15 is 0 Å². The molecule has 1 N–H and O–H groups in total. The lowest BCUT2D eigenvalue weighted by Gasteiger charge is -2.20. The molecule has 0 radical (unpaired) electrons. The molecule has 0 spiro atoms. The maximum absolute atomic E-state index is 12.4. The summed E-state index contributed by atoms with van der Waals surface area (Å²) >= 11 is 9.08. The summed E-state index contributed by atoms with van der Waals surface area (Å²) in [5.41, 5.74) is 0.948. The van der Waals surface area contributed by atoms with E-state index in [0.717, 1.165) is 0 Å². The first-order valence-electron chi connectivity index (χ1n) is 6.16. The number of para-hydroxylation sites is 1. The number of fused-ring (bicyclic) bond motifs is 1. The summed E-state index contributed by atoms with van der Waals surface area (Å²) in [5, 5.41) is 3.09. The lowest BCUT2D eigenvalue weighted by Crippen LogP contribution is -2.20. The molecule has 1 aliphatic heterocycles. The number of amides is 1. The highest BCUT2D eigenvalue weighted by Gasteiger charge is 2.20. The van der Waals surface area contributed by atoms with E-state index in [1.807, 2.05) is 0 Å². The van der Waals surface area contributed by atoms with Crippen LogP contribution in [0.2, 0.25) is 5.15 Å². The zero-order valence-electron chi connectivity index (χ0n) is 10.7. The molecule has 7 heteroatoms. The fourth-order valence-electron chi connectivity index (χ4n) is 1.94. The number of anilines is 1. The van der Waals surface area contributed by atoms with Crippen LogP contribution in [0.5, 0.6) is 11.5 Å². The second-order valence-corrected chi connectivity index (χ2v) is 5.49. The summed E-state index contributed by atoms with van der Waals surface area (Å²) in [7, 11) is 0. The van der Waals surface area contributed by atoms with Gasteiger partial charge in [-0.1, -0.05) is 17.7 Å². The van der Waals surface area contributed by atoms with Crippen LogP contribution < -0.4 is 14.8 Å². The van der Waals surface area contributed by atoms with Crippen LogP contribution in [0, 0.1) is 0 Å². The van der Waals surface area contributed by atoms with Crippen molar-refractivity contribution >= 4 is 39.1 Å². The van der Waals surface area contributed by atoms with Crippen molar-refractivity contribution in [2.45, 2.75) is 0 Å². The molecule has 1 amide bonds. The number of carbonyl (C=O) groups excluding carboxylic acids is 1. The van der Waals surface area contributed by atoms with Crippen LogP contribution in [0.25, 0.3) is 0 Å². The molecule has 5 nitrogen and oxygen atoms in total. The highest BCUT2D eigenvalue weighted by Crippen LogP contribution is 2.34. The minimum absolute atomic E-state index is 0.298. The molecule has 0 fully saturated rings. The van der Waals surface area contributed by atoms with E-state index in [-0.39, 0.29) is 5.91 Å². The van der Waals surface area contributed by atoms with Crippen molar-refractivity contribution < 1.29 is 14.3 Å². The summed E-state index contributed by atoms with van der Waals surface area (Å²) < 4.78 is 11.6. The molecule has 0 saturated carbocycles. The molecule has 0 saturated heterocycles. The molecule has 0 atom stereocenters. The van der Waals surface area contributed by atoms with Crippen molar-refractivity contribution in [2.24, 2.45) is 0 Å². The van der Waals surface area contributed by atoms with E-state index in [4.69, 9.17) is 21.1 Å². The second kappa shape index (κ2) is 5.91. The zero-order chi connectivity index (χ0) is 14.8. The van der Waals surface area contributed by atoms with E-state index in [2.05, 4.69) is 26.2 Å². The van der Waals surface area contributed by atoms with Gasteiger partial charge in [0.15, 0.2) is 11.5 Å². The Morgan fingerprint density at radius 2 is 2.14 bits per heavy atom. The molecule has 1 aromatic heterocycles.